The molecule has 3 aromatic rings. The summed E-state index contributed by atoms with van der Waals surface area (Å²) in [5, 5.41) is 10.8. The molecule has 0 fully saturated rings. The number of ketones is 1. The van der Waals surface area contributed by atoms with Crippen LogP contribution in [0.1, 0.15) is 26.7 Å². The minimum Gasteiger partial charge on any atom is -0.293 e. The van der Waals surface area contributed by atoms with Crippen molar-refractivity contribution in [3.8, 4) is 0 Å². The van der Waals surface area contributed by atoms with Crippen molar-refractivity contribution in [1.82, 2.24) is 0 Å². The maximum Gasteiger partial charge on any atom is 0.269 e. The monoisotopic (exact) mass is 386 g/mol. The van der Waals surface area contributed by atoms with Crippen LogP contribution in [0.25, 0.3) is 0 Å². The zero-order valence-electron chi connectivity index (χ0n) is 14.6. The number of nitro groups is 1. The van der Waals surface area contributed by atoms with E-state index in [1.54, 1.807) is 23.9 Å². The molecule has 2 aliphatic rings. The number of para-hydroxylation sites is 1. The number of carbonyl (C=O) groups excluding carboxylic acids is 1. The average Bonchev–Trinajstić information content (AvgIpc) is 2.89. The molecule has 0 saturated heterocycles. The van der Waals surface area contributed by atoms with Crippen LogP contribution >= 0.6 is 11.8 Å². The van der Waals surface area contributed by atoms with E-state index in [2.05, 4.69) is 0 Å². The van der Waals surface area contributed by atoms with Gasteiger partial charge in [-0.3, -0.25) is 19.9 Å². The molecule has 1 aliphatic heterocycles. The van der Waals surface area contributed by atoms with Crippen LogP contribution in [0.4, 0.5) is 11.4 Å². The molecule has 0 radical (unpaired) electrons. The molecule has 0 N–H and O–H groups in total. The van der Waals surface area contributed by atoms with E-state index in [0.717, 1.165) is 27.4 Å². The molecule has 5 nitrogen and oxygen atoms in total. The van der Waals surface area contributed by atoms with Gasteiger partial charge in [-0.05, 0) is 17.7 Å². The van der Waals surface area contributed by atoms with Crippen LogP contribution in [-0.4, -0.2) is 16.4 Å². The lowest BCUT2D eigenvalue weighted by molar-refractivity contribution is -0.384. The SMILES string of the molecule is O=C1c2ccccc2C2=Nc3ccccc3S[C@@H](c3ccc([N+](=O)[O-])cc3)C12. The standard InChI is InChI=1S/C22H14N2O3S/c25-21-16-6-2-1-5-15(16)20-19(21)22(13-9-11-14(12-10-13)24(26)27)28-18-8-4-3-7-17(18)23-20/h1-12,19,22H/t19?,22-/m0/s1. The molecular weight excluding hydrogens is 372 g/mol. The Morgan fingerprint density at radius 2 is 1.57 bits per heavy atom. The molecule has 0 saturated carbocycles. The first-order chi connectivity index (χ1) is 13.6. The molecule has 1 unspecified atom stereocenters. The first kappa shape index (κ1) is 16.9. The van der Waals surface area contributed by atoms with Gasteiger partial charge in [0, 0.05) is 28.2 Å². The highest BCUT2D eigenvalue weighted by atomic mass is 32.2. The lowest BCUT2D eigenvalue weighted by Gasteiger charge is -2.21. The summed E-state index contributed by atoms with van der Waals surface area (Å²) >= 11 is 1.59. The minimum atomic E-state index is -0.420. The van der Waals surface area contributed by atoms with Crippen LogP contribution in [-0.2, 0) is 0 Å². The van der Waals surface area contributed by atoms with Crippen molar-refractivity contribution in [2.75, 3.05) is 0 Å². The van der Waals surface area contributed by atoms with Crippen molar-refractivity contribution >= 4 is 34.6 Å². The second kappa shape index (κ2) is 6.42. The number of carbonyl (C=O) groups is 1. The zero-order chi connectivity index (χ0) is 19.3. The molecule has 0 bridgehead atoms. The van der Waals surface area contributed by atoms with E-state index in [4.69, 9.17) is 4.99 Å². The quantitative estimate of drug-likeness (QED) is 0.438. The van der Waals surface area contributed by atoms with Crippen molar-refractivity contribution in [2.45, 2.75) is 10.1 Å². The zero-order valence-corrected chi connectivity index (χ0v) is 15.4. The maximum absolute atomic E-state index is 13.3. The van der Waals surface area contributed by atoms with Crippen molar-refractivity contribution in [3.05, 3.63) is 99.6 Å². The summed E-state index contributed by atoms with van der Waals surface area (Å²) in [6, 6.07) is 21.9. The number of thioether (sulfide) groups is 1. The van der Waals surface area contributed by atoms with Crippen molar-refractivity contribution < 1.29 is 9.72 Å². The smallest absolute Gasteiger partial charge is 0.269 e. The number of nitro benzene ring substituents is 1. The third-order valence-corrected chi connectivity index (χ3v) is 6.54. The summed E-state index contributed by atoms with van der Waals surface area (Å²) in [5.41, 5.74) is 4.12. The lowest BCUT2D eigenvalue weighted by atomic mass is 9.93. The van der Waals surface area contributed by atoms with Crippen LogP contribution in [0, 0.1) is 16.0 Å². The summed E-state index contributed by atoms with van der Waals surface area (Å²) in [4.78, 5) is 29.8. The molecule has 136 valence electrons. The number of rotatable bonds is 2. The van der Waals surface area contributed by atoms with Gasteiger partial charge in [0.05, 0.1) is 27.5 Å². The molecule has 0 spiro atoms. The molecule has 1 aliphatic carbocycles. The third-order valence-electron chi connectivity index (χ3n) is 5.14. The van der Waals surface area contributed by atoms with E-state index in [1.807, 2.05) is 48.5 Å². The van der Waals surface area contributed by atoms with E-state index in [0.29, 0.717) is 5.56 Å². The highest BCUT2D eigenvalue weighted by molar-refractivity contribution is 7.99. The Morgan fingerprint density at radius 1 is 0.893 bits per heavy atom. The van der Waals surface area contributed by atoms with Gasteiger partial charge in [0.25, 0.3) is 5.69 Å². The van der Waals surface area contributed by atoms with Gasteiger partial charge in [-0.25, -0.2) is 0 Å². The number of nitrogens with zero attached hydrogens (tertiary/aromatic N) is 2. The predicted octanol–water partition coefficient (Wildman–Crippen LogP) is 5.38. The fourth-order valence-electron chi connectivity index (χ4n) is 3.82. The van der Waals surface area contributed by atoms with Crippen molar-refractivity contribution in [1.29, 1.82) is 0 Å². The van der Waals surface area contributed by atoms with E-state index in [1.165, 1.54) is 12.1 Å². The summed E-state index contributed by atoms with van der Waals surface area (Å²) in [7, 11) is 0. The highest BCUT2D eigenvalue weighted by Crippen LogP contribution is 2.51. The Morgan fingerprint density at radius 3 is 2.32 bits per heavy atom. The highest BCUT2D eigenvalue weighted by Gasteiger charge is 2.44. The van der Waals surface area contributed by atoms with Crippen molar-refractivity contribution in [2.24, 2.45) is 10.9 Å². The number of hydrogen-bond donors (Lipinski definition) is 0. The second-order valence-corrected chi connectivity index (χ2v) is 7.92. The Bertz CT molecular complexity index is 1150. The molecule has 28 heavy (non-hydrogen) atoms. The van der Waals surface area contributed by atoms with E-state index in [9.17, 15) is 14.9 Å². The number of hydrogen-bond acceptors (Lipinski definition) is 5. The molecule has 2 atom stereocenters. The van der Waals surface area contributed by atoms with E-state index < -0.39 is 10.8 Å². The number of Topliss-reactive ketones (excluding diaryl/α,β-unsaturated/α-hetero) is 1. The molecule has 0 amide bonds. The van der Waals surface area contributed by atoms with Crippen LogP contribution < -0.4 is 0 Å². The number of aliphatic imine (C=N–C) groups is 1. The van der Waals surface area contributed by atoms with Gasteiger partial charge in [-0.1, -0.05) is 48.5 Å². The Kier molecular flexibility index (Phi) is 3.87. The molecule has 3 aromatic carbocycles. The Labute approximate surface area is 165 Å². The number of benzene rings is 3. The van der Waals surface area contributed by atoms with Crippen LogP contribution in [0.3, 0.4) is 0 Å². The summed E-state index contributed by atoms with van der Waals surface area (Å²) in [6.07, 6.45) is 0. The molecule has 0 aromatic heterocycles. The van der Waals surface area contributed by atoms with Gasteiger partial charge in [-0.2, -0.15) is 0 Å². The van der Waals surface area contributed by atoms with Gasteiger partial charge in [0.2, 0.25) is 0 Å². The number of non-ortho nitro benzene ring substituents is 1. The van der Waals surface area contributed by atoms with Gasteiger partial charge < -0.3 is 0 Å². The molecule has 5 rings (SSSR count). The van der Waals surface area contributed by atoms with E-state index >= 15 is 0 Å². The van der Waals surface area contributed by atoms with Gasteiger partial charge in [0.15, 0.2) is 5.78 Å². The number of fused-ring (bicyclic) bond motifs is 4. The van der Waals surface area contributed by atoms with Crippen LogP contribution in [0.15, 0.2) is 82.7 Å². The van der Waals surface area contributed by atoms with Gasteiger partial charge >= 0.3 is 0 Å². The maximum atomic E-state index is 13.3. The topological polar surface area (TPSA) is 72.6 Å². The normalized spacial score (nSPS) is 19.9. The Balaban J connectivity index is 1.70. The summed E-state index contributed by atoms with van der Waals surface area (Å²) in [6.45, 7) is 0. The lowest BCUT2D eigenvalue weighted by Crippen LogP contribution is -2.21. The largest absolute Gasteiger partial charge is 0.293 e. The summed E-state index contributed by atoms with van der Waals surface area (Å²) < 4.78 is 0. The van der Waals surface area contributed by atoms with Crippen molar-refractivity contribution in [3.63, 3.8) is 0 Å². The predicted molar refractivity (Wildman–Crippen MR) is 109 cm³/mol. The average molecular weight is 386 g/mol. The van der Waals surface area contributed by atoms with Gasteiger partial charge in [-0.15, -0.1) is 11.8 Å². The van der Waals surface area contributed by atoms with Gasteiger partial charge in [0.1, 0.15) is 0 Å². The fourth-order valence-corrected chi connectivity index (χ4v) is 5.17. The molecule has 1 heterocycles. The first-order valence-corrected chi connectivity index (χ1v) is 9.73. The second-order valence-electron chi connectivity index (χ2n) is 6.74. The van der Waals surface area contributed by atoms with Crippen LogP contribution in [0.2, 0.25) is 0 Å². The molecular formula is C22H14N2O3S. The first-order valence-electron chi connectivity index (χ1n) is 8.86. The Hall–Kier alpha value is -3.25. The third kappa shape index (κ3) is 2.57. The summed E-state index contributed by atoms with van der Waals surface area (Å²) in [5.74, 6) is -0.366. The van der Waals surface area contributed by atoms with Crippen LogP contribution in [0.5, 0.6) is 0 Å². The van der Waals surface area contributed by atoms with E-state index in [-0.39, 0.29) is 16.7 Å². The minimum absolute atomic E-state index is 0.0395. The molecule has 6 heteroatoms. The fraction of sp³-hybridized carbons (Fsp3) is 0.0909.